The quantitative estimate of drug-likeness (QED) is 0.745. The summed E-state index contributed by atoms with van der Waals surface area (Å²) >= 11 is 0. The van der Waals surface area contributed by atoms with Crippen molar-refractivity contribution < 1.29 is 4.39 Å². The average molecular weight is 205 g/mol. The van der Waals surface area contributed by atoms with Gasteiger partial charge in [-0.15, -0.1) is 6.58 Å². The summed E-state index contributed by atoms with van der Waals surface area (Å²) in [4.78, 5) is 0. The van der Waals surface area contributed by atoms with Gasteiger partial charge in [-0.25, -0.2) is 4.39 Å². The van der Waals surface area contributed by atoms with Crippen molar-refractivity contribution in [2.45, 2.75) is 24.8 Å². The first-order chi connectivity index (χ1) is 7.31. The Bertz CT molecular complexity index is 342. The second kappa shape index (κ2) is 4.58. The molecule has 0 spiro atoms. The van der Waals surface area contributed by atoms with E-state index in [1.165, 1.54) is 0 Å². The summed E-state index contributed by atoms with van der Waals surface area (Å²) in [5, 5.41) is 3.35. The van der Waals surface area contributed by atoms with Gasteiger partial charge in [0, 0.05) is 12.6 Å². The van der Waals surface area contributed by atoms with Crippen molar-refractivity contribution in [3.05, 3.63) is 48.3 Å². The van der Waals surface area contributed by atoms with Crippen LogP contribution in [-0.4, -0.2) is 12.6 Å². The predicted molar refractivity (Wildman–Crippen MR) is 60.4 cm³/mol. The van der Waals surface area contributed by atoms with E-state index in [1.807, 2.05) is 18.2 Å². The molecule has 1 aromatic carbocycles. The summed E-state index contributed by atoms with van der Waals surface area (Å²) in [6.45, 7) is 4.50. The molecule has 0 bridgehead atoms. The number of halogens is 1. The van der Waals surface area contributed by atoms with Crippen molar-refractivity contribution in [1.82, 2.24) is 5.32 Å². The van der Waals surface area contributed by atoms with Gasteiger partial charge in [-0.3, -0.25) is 0 Å². The van der Waals surface area contributed by atoms with Crippen LogP contribution >= 0.6 is 0 Å². The summed E-state index contributed by atoms with van der Waals surface area (Å²) in [6.07, 6.45) is 3.93. The van der Waals surface area contributed by atoms with E-state index in [1.54, 1.807) is 12.1 Å². The van der Waals surface area contributed by atoms with Gasteiger partial charge in [-0.1, -0.05) is 24.3 Å². The van der Waals surface area contributed by atoms with Gasteiger partial charge in [-0.05, 0) is 30.4 Å². The van der Waals surface area contributed by atoms with Crippen LogP contribution in [-0.2, 0) is 0 Å². The van der Waals surface area contributed by atoms with E-state index in [0.717, 1.165) is 24.9 Å². The first kappa shape index (κ1) is 10.4. The maximum atomic E-state index is 13.4. The normalized spacial score (nSPS) is 24.6. The van der Waals surface area contributed by atoms with Crippen LogP contribution in [0.5, 0.6) is 0 Å². The maximum Gasteiger partial charge on any atom is 0.126 e. The van der Waals surface area contributed by atoms with Gasteiger partial charge in [0.25, 0.3) is 0 Å². The number of nitrogens with one attached hydrogen (secondary N) is 1. The minimum Gasteiger partial charge on any atom is -0.310 e. The van der Waals surface area contributed by atoms with Gasteiger partial charge >= 0.3 is 0 Å². The molecule has 80 valence electrons. The number of hydrogen-bond acceptors (Lipinski definition) is 1. The highest BCUT2D eigenvalue weighted by Gasteiger charge is 2.30. The third kappa shape index (κ3) is 2.26. The zero-order valence-electron chi connectivity index (χ0n) is 8.75. The molecule has 1 aliphatic rings. The highest BCUT2D eigenvalue weighted by Crippen LogP contribution is 2.37. The molecule has 0 aromatic heterocycles. The zero-order chi connectivity index (χ0) is 10.7. The fourth-order valence-corrected chi connectivity index (χ4v) is 2.09. The Labute approximate surface area is 90.0 Å². The van der Waals surface area contributed by atoms with Crippen LogP contribution in [0.2, 0.25) is 0 Å². The van der Waals surface area contributed by atoms with E-state index < -0.39 is 0 Å². The highest BCUT2D eigenvalue weighted by atomic mass is 19.1. The van der Waals surface area contributed by atoms with E-state index in [9.17, 15) is 4.39 Å². The second-order valence-electron chi connectivity index (χ2n) is 4.08. The van der Waals surface area contributed by atoms with E-state index in [-0.39, 0.29) is 5.82 Å². The Morgan fingerprint density at radius 1 is 1.40 bits per heavy atom. The maximum absolute atomic E-state index is 13.4. The van der Waals surface area contributed by atoms with Crippen LogP contribution in [0.3, 0.4) is 0 Å². The lowest BCUT2D eigenvalue weighted by atomic mass is 9.75. The van der Waals surface area contributed by atoms with Crippen LogP contribution in [0.1, 0.15) is 24.3 Å². The molecular weight excluding hydrogens is 189 g/mol. The molecule has 0 aliphatic heterocycles. The number of rotatable bonds is 4. The smallest absolute Gasteiger partial charge is 0.126 e. The van der Waals surface area contributed by atoms with Gasteiger partial charge in [0.05, 0.1) is 0 Å². The van der Waals surface area contributed by atoms with Gasteiger partial charge in [0.1, 0.15) is 5.82 Å². The molecule has 0 saturated heterocycles. The molecule has 1 saturated carbocycles. The molecule has 1 fully saturated rings. The highest BCUT2D eigenvalue weighted by molar-refractivity contribution is 5.24. The minimum absolute atomic E-state index is 0.0651. The Morgan fingerprint density at radius 3 is 2.80 bits per heavy atom. The fraction of sp³-hybridized carbons (Fsp3) is 0.385. The number of hydrogen-bond donors (Lipinski definition) is 1. The molecule has 0 radical (unpaired) electrons. The van der Waals surface area contributed by atoms with E-state index in [4.69, 9.17) is 0 Å². The van der Waals surface area contributed by atoms with Crippen LogP contribution < -0.4 is 5.32 Å². The molecule has 0 amide bonds. The van der Waals surface area contributed by atoms with E-state index in [0.29, 0.717) is 12.0 Å². The van der Waals surface area contributed by atoms with Crippen LogP contribution in [0.15, 0.2) is 36.9 Å². The standard InChI is InChI=1S/C13H16FN/c1-2-7-15-11-8-10(9-11)12-5-3-4-6-13(12)14/h2-6,10-11,15H,1,7-9H2. The molecule has 0 heterocycles. The molecular formula is C13H16FN. The molecule has 0 unspecified atom stereocenters. The first-order valence-corrected chi connectivity index (χ1v) is 5.40. The molecule has 1 N–H and O–H groups in total. The second-order valence-corrected chi connectivity index (χ2v) is 4.08. The molecule has 2 rings (SSSR count). The summed E-state index contributed by atoms with van der Waals surface area (Å²) in [5.41, 5.74) is 0.870. The monoisotopic (exact) mass is 205 g/mol. The SMILES string of the molecule is C=CCNC1CC(c2ccccc2F)C1. The van der Waals surface area contributed by atoms with Gasteiger partial charge < -0.3 is 5.32 Å². The minimum atomic E-state index is -0.0651. The fourth-order valence-electron chi connectivity index (χ4n) is 2.09. The predicted octanol–water partition coefficient (Wildman–Crippen LogP) is 2.85. The third-order valence-electron chi connectivity index (χ3n) is 3.03. The Hall–Kier alpha value is -1.15. The molecule has 1 aliphatic carbocycles. The largest absolute Gasteiger partial charge is 0.310 e. The first-order valence-electron chi connectivity index (χ1n) is 5.40. The zero-order valence-corrected chi connectivity index (χ0v) is 8.75. The molecule has 2 heteroatoms. The van der Waals surface area contributed by atoms with Gasteiger partial charge in [0.2, 0.25) is 0 Å². The van der Waals surface area contributed by atoms with Crippen molar-refractivity contribution in [3.8, 4) is 0 Å². The Kier molecular flexibility index (Phi) is 3.17. The van der Waals surface area contributed by atoms with E-state index >= 15 is 0 Å². The van der Waals surface area contributed by atoms with Gasteiger partial charge in [0.15, 0.2) is 0 Å². The van der Waals surface area contributed by atoms with Crippen LogP contribution in [0.25, 0.3) is 0 Å². The lowest BCUT2D eigenvalue weighted by Gasteiger charge is -2.36. The van der Waals surface area contributed by atoms with E-state index in [2.05, 4.69) is 11.9 Å². The van der Waals surface area contributed by atoms with Crippen molar-refractivity contribution in [3.63, 3.8) is 0 Å². The van der Waals surface area contributed by atoms with Gasteiger partial charge in [-0.2, -0.15) is 0 Å². The van der Waals surface area contributed by atoms with Crippen molar-refractivity contribution >= 4 is 0 Å². The average Bonchev–Trinajstić information content (AvgIpc) is 2.18. The van der Waals surface area contributed by atoms with Crippen LogP contribution in [0.4, 0.5) is 4.39 Å². The summed E-state index contributed by atoms with van der Waals surface area (Å²) in [6, 6.07) is 7.62. The van der Waals surface area contributed by atoms with Crippen molar-refractivity contribution in [2.75, 3.05) is 6.54 Å². The molecule has 0 atom stereocenters. The Balaban J connectivity index is 1.89. The molecule has 1 nitrogen and oxygen atoms in total. The Morgan fingerprint density at radius 2 is 2.13 bits per heavy atom. The van der Waals surface area contributed by atoms with Crippen LogP contribution in [0, 0.1) is 5.82 Å². The number of benzene rings is 1. The third-order valence-corrected chi connectivity index (χ3v) is 3.03. The summed E-state index contributed by atoms with van der Waals surface area (Å²) in [5.74, 6) is 0.332. The lowest BCUT2D eigenvalue weighted by Crippen LogP contribution is -2.40. The lowest BCUT2D eigenvalue weighted by molar-refractivity contribution is 0.293. The molecule has 15 heavy (non-hydrogen) atoms. The molecule has 1 aromatic rings. The van der Waals surface area contributed by atoms with Crippen molar-refractivity contribution in [1.29, 1.82) is 0 Å². The van der Waals surface area contributed by atoms with Crippen molar-refractivity contribution in [2.24, 2.45) is 0 Å². The summed E-state index contributed by atoms with van der Waals surface area (Å²) < 4.78 is 13.4. The summed E-state index contributed by atoms with van der Waals surface area (Å²) in [7, 11) is 0. The topological polar surface area (TPSA) is 12.0 Å².